The monoisotopic (exact) mass is 255 g/mol. The van der Waals surface area contributed by atoms with Crippen LogP contribution in [-0.4, -0.2) is 10.9 Å². The number of carbonyl (C=O) groups is 1. The molecule has 1 amide bonds. The van der Waals surface area contributed by atoms with E-state index < -0.39 is 0 Å². The Kier molecular flexibility index (Phi) is 3.51. The highest BCUT2D eigenvalue weighted by Gasteiger charge is 2.10. The van der Waals surface area contributed by atoms with Crippen molar-refractivity contribution in [3.63, 3.8) is 0 Å². The maximum atomic E-state index is 12.1. The van der Waals surface area contributed by atoms with E-state index in [9.17, 15) is 4.79 Å². The van der Waals surface area contributed by atoms with Gasteiger partial charge in [-0.3, -0.25) is 4.79 Å². The second-order valence-electron chi connectivity index (χ2n) is 4.70. The number of amides is 1. The predicted octanol–water partition coefficient (Wildman–Crippen LogP) is 2.84. The summed E-state index contributed by atoms with van der Waals surface area (Å²) in [4.78, 5) is 16.0. The second kappa shape index (κ2) is 5.10. The van der Waals surface area contributed by atoms with Gasteiger partial charge in [-0.2, -0.15) is 0 Å². The van der Waals surface area contributed by atoms with Crippen LogP contribution in [0.2, 0.25) is 0 Å². The first-order chi connectivity index (χ1) is 8.97. The van der Waals surface area contributed by atoms with Crippen molar-refractivity contribution >= 4 is 17.4 Å². The molecule has 0 unspecified atom stereocenters. The van der Waals surface area contributed by atoms with Gasteiger partial charge in [-0.05, 0) is 44.0 Å². The first-order valence-electron chi connectivity index (χ1n) is 6.08. The summed E-state index contributed by atoms with van der Waals surface area (Å²) in [5, 5.41) is 2.92. The van der Waals surface area contributed by atoms with Crippen molar-refractivity contribution in [2.24, 2.45) is 0 Å². The summed E-state index contributed by atoms with van der Waals surface area (Å²) >= 11 is 0. The summed E-state index contributed by atoms with van der Waals surface area (Å²) in [6, 6.07) is 7.37. The molecule has 0 saturated carbocycles. The minimum absolute atomic E-state index is 0.178. The van der Waals surface area contributed by atoms with E-state index in [4.69, 9.17) is 5.73 Å². The van der Waals surface area contributed by atoms with Crippen molar-refractivity contribution in [3.05, 3.63) is 52.7 Å². The zero-order chi connectivity index (χ0) is 14.0. The molecule has 98 valence electrons. The number of benzene rings is 1. The molecular formula is C15H17N3O. The highest BCUT2D eigenvalue weighted by atomic mass is 16.1. The second-order valence-corrected chi connectivity index (χ2v) is 4.70. The minimum atomic E-state index is -0.178. The number of aromatic nitrogens is 1. The number of rotatable bonds is 2. The van der Waals surface area contributed by atoms with E-state index >= 15 is 0 Å². The quantitative estimate of drug-likeness (QED) is 0.867. The van der Waals surface area contributed by atoms with E-state index in [0.717, 1.165) is 16.8 Å². The smallest absolute Gasteiger partial charge is 0.257 e. The maximum absolute atomic E-state index is 12.1. The number of hydrogen-bond acceptors (Lipinski definition) is 3. The number of anilines is 2. The Morgan fingerprint density at radius 3 is 2.32 bits per heavy atom. The van der Waals surface area contributed by atoms with Crippen LogP contribution in [0.4, 0.5) is 11.5 Å². The molecule has 1 heterocycles. The Labute approximate surface area is 112 Å². The number of hydrogen-bond donors (Lipinski definition) is 2. The maximum Gasteiger partial charge on any atom is 0.257 e. The molecule has 0 bridgehead atoms. The summed E-state index contributed by atoms with van der Waals surface area (Å²) in [5.41, 5.74) is 10.1. The lowest BCUT2D eigenvalue weighted by Crippen LogP contribution is -2.14. The van der Waals surface area contributed by atoms with E-state index in [1.807, 2.05) is 32.9 Å². The Hall–Kier alpha value is -2.36. The van der Waals surface area contributed by atoms with Crippen LogP contribution in [0.1, 0.15) is 27.0 Å². The Bertz CT molecular complexity index is 595. The summed E-state index contributed by atoms with van der Waals surface area (Å²) in [7, 11) is 0. The molecule has 0 aliphatic carbocycles. The molecule has 0 fully saturated rings. The van der Waals surface area contributed by atoms with Gasteiger partial charge in [0.1, 0.15) is 5.82 Å². The summed E-state index contributed by atoms with van der Waals surface area (Å²) < 4.78 is 0. The summed E-state index contributed by atoms with van der Waals surface area (Å²) in [5.74, 6) is 0.224. The first kappa shape index (κ1) is 13.1. The highest BCUT2D eigenvalue weighted by molar-refractivity contribution is 6.05. The van der Waals surface area contributed by atoms with Gasteiger partial charge in [0, 0.05) is 11.9 Å². The number of nitrogens with two attached hydrogens (primary N) is 1. The molecule has 2 aromatic rings. The van der Waals surface area contributed by atoms with Gasteiger partial charge in [0.05, 0.1) is 5.56 Å². The zero-order valence-corrected chi connectivity index (χ0v) is 11.3. The number of nitrogen functional groups attached to an aromatic ring is 1. The predicted molar refractivity (Wildman–Crippen MR) is 77.3 cm³/mol. The highest BCUT2D eigenvalue weighted by Crippen LogP contribution is 2.22. The third kappa shape index (κ3) is 2.91. The third-order valence-corrected chi connectivity index (χ3v) is 2.96. The fourth-order valence-electron chi connectivity index (χ4n) is 2.10. The average molecular weight is 255 g/mol. The van der Waals surface area contributed by atoms with Gasteiger partial charge in [-0.25, -0.2) is 4.98 Å². The molecule has 4 nitrogen and oxygen atoms in total. The Balaban J connectivity index is 2.26. The van der Waals surface area contributed by atoms with Crippen molar-refractivity contribution in [2.45, 2.75) is 20.8 Å². The van der Waals surface area contributed by atoms with E-state index in [1.54, 1.807) is 12.1 Å². The zero-order valence-electron chi connectivity index (χ0n) is 11.3. The molecule has 3 N–H and O–H groups in total. The van der Waals surface area contributed by atoms with Gasteiger partial charge in [0.25, 0.3) is 5.91 Å². The van der Waals surface area contributed by atoms with E-state index in [-0.39, 0.29) is 5.91 Å². The van der Waals surface area contributed by atoms with E-state index in [1.165, 1.54) is 11.8 Å². The van der Waals surface area contributed by atoms with Crippen molar-refractivity contribution in [1.29, 1.82) is 0 Å². The van der Waals surface area contributed by atoms with Crippen molar-refractivity contribution in [1.82, 2.24) is 4.98 Å². The van der Waals surface area contributed by atoms with Crippen LogP contribution in [0.5, 0.6) is 0 Å². The molecule has 0 aliphatic heterocycles. The number of nitrogens with zero attached hydrogens (tertiary/aromatic N) is 1. The minimum Gasteiger partial charge on any atom is -0.384 e. The van der Waals surface area contributed by atoms with Gasteiger partial charge in [0.15, 0.2) is 0 Å². The van der Waals surface area contributed by atoms with Crippen LogP contribution in [0, 0.1) is 20.8 Å². The average Bonchev–Trinajstić information content (AvgIpc) is 2.34. The van der Waals surface area contributed by atoms with Crippen LogP contribution in [0.25, 0.3) is 0 Å². The lowest BCUT2D eigenvalue weighted by Gasteiger charge is -2.12. The number of carbonyl (C=O) groups excluding carboxylic acids is 1. The Morgan fingerprint density at radius 2 is 1.79 bits per heavy atom. The van der Waals surface area contributed by atoms with Crippen LogP contribution in [0.3, 0.4) is 0 Å². The lowest BCUT2D eigenvalue weighted by atomic mass is 10.0. The number of nitrogens with one attached hydrogen (secondary N) is 1. The van der Waals surface area contributed by atoms with Gasteiger partial charge in [0.2, 0.25) is 0 Å². The normalized spacial score (nSPS) is 10.3. The Morgan fingerprint density at radius 1 is 1.16 bits per heavy atom. The van der Waals surface area contributed by atoms with Gasteiger partial charge < -0.3 is 11.1 Å². The molecule has 0 spiro atoms. The van der Waals surface area contributed by atoms with Gasteiger partial charge in [-0.1, -0.05) is 17.7 Å². The van der Waals surface area contributed by atoms with E-state index in [0.29, 0.717) is 11.4 Å². The molecule has 2 rings (SSSR count). The fourth-order valence-corrected chi connectivity index (χ4v) is 2.10. The summed E-state index contributed by atoms with van der Waals surface area (Å²) in [6.07, 6.45) is 1.48. The van der Waals surface area contributed by atoms with Crippen LogP contribution < -0.4 is 11.1 Å². The first-order valence-corrected chi connectivity index (χ1v) is 6.08. The van der Waals surface area contributed by atoms with Crippen LogP contribution in [0.15, 0.2) is 30.5 Å². The third-order valence-electron chi connectivity index (χ3n) is 2.96. The molecule has 0 saturated heterocycles. The van der Waals surface area contributed by atoms with Gasteiger partial charge in [-0.15, -0.1) is 0 Å². The van der Waals surface area contributed by atoms with Crippen molar-refractivity contribution < 1.29 is 4.79 Å². The van der Waals surface area contributed by atoms with Crippen molar-refractivity contribution in [2.75, 3.05) is 11.1 Å². The molecule has 0 radical (unpaired) electrons. The van der Waals surface area contributed by atoms with Gasteiger partial charge >= 0.3 is 0 Å². The topological polar surface area (TPSA) is 68.0 Å². The molecule has 0 atom stereocenters. The summed E-state index contributed by atoms with van der Waals surface area (Å²) in [6.45, 7) is 6.00. The van der Waals surface area contributed by atoms with Crippen LogP contribution in [-0.2, 0) is 0 Å². The number of aryl methyl sites for hydroxylation is 3. The lowest BCUT2D eigenvalue weighted by molar-refractivity contribution is 0.102. The van der Waals surface area contributed by atoms with Crippen molar-refractivity contribution in [3.8, 4) is 0 Å². The standard InChI is InChI=1S/C15H17N3O/c1-9-6-10(2)14(11(3)7-9)18-15(19)12-4-5-13(16)17-8-12/h4-8H,1-3H3,(H2,16,17)(H,18,19). The molecule has 1 aromatic carbocycles. The number of pyridine rings is 1. The molecule has 1 aromatic heterocycles. The molecule has 4 heteroatoms. The van der Waals surface area contributed by atoms with Crippen LogP contribution >= 0.6 is 0 Å². The molecule has 0 aliphatic rings. The molecule has 19 heavy (non-hydrogen) atoms. The fraction of sp³-hybridized carbons (Fsp3) is 0.200. The van der Waals surface area contributed by atoms with E-state index in [2.05, 4.69) is 10.3 Å². The largest absolute Gasteiger partial charge is 0.384 e. The molecular weight excluding hydrogens is 238 g/mol. The SMILES string of the molecule is Cc1cc(C)c(NC(=O)c2ccc(N)nc2)c(C)c1.